The van der Waals surface area contributed by atoms with E-state index in [9.17, 15) is 0 Å². The first-order chi connectivity index (χ1) is 4.97. The largest absolute Gasteiger partial charge is 0.244 e. The van der Waals surface area contributed by atoms with Crippen LogP contribution in [0.25, 0.3) is 9.88 Å². The summed E-state index contributed by atoms with van der Waals surface area (Å²) in [5.41, 5.74) is 0. The summed E-state index contributed by atoms with van der Waals surface area (Å²) in [4.78, 5) is 4.99. The van der Waals surface area contributed by atoms with Crippen LogP contribution in [0, 0.1) is 6.20 Å². The van der Waals surface area contributed by atoms with Crippen LogP contribution in [-0.4, -0.2) is 14.6 Å². The third-order valence-corrected chi connectivity index (χ3v) is 2.50. The first kappa shape index (κ1) is 5.94. The molecule has 0 fully saturated rings. The van der Waals surface area contributed by atoms with Gasteiger partial charge in [-0.15, -0.1) is 16.4 Å². The maximum Gasteiger partial charge on any atom is 0.138 e. The molecule has 0 unspecified atom stereocenters. The minimum atomic E-state index is 0.912. The average molecular weight is 168 g/mol. The van der Waals surface area contributed by atoms with E-state index in [-0.39, 0.29) is 0 Å². The lowest BCUT2D eigenvalue weighted by Gasteiger charge is -1.79. The molecule has 0 spiro atoms. The summed E-state index contributed by atoms with van der Waals surface area (Å²) in [6, 6.07) is 0. The molecule has 2 rings (SSSR count). The van der Waals surface area contributed by atoms with Crippen molar-refractivity contribution >= 4 is 22.9 Å². The van der Waals surface area contributed by atoms with Gasteiger partial charge in [0.05, 0.1) is 0 Å². The highest BCUT2D eigenvalue weighted by Gasteiger charge is 2.01. The van der Waals surface area contributed by atoms with Crippen molar-refractivity contribution in [3.8, 4) is 9.88 Å². The van der Waals surface area contributed by atoms with E-state index in [1.54, 1.807) is 17.5 Å². The second-order valence-corrected chi connectivity index (χ2v) is 3.20. The monoisotopic (exact) mass is 168 g/mol. The van der Waals surface area contributed by atoms with Crippen molar-refractivity contribution in [2.45, 2.75) is 0 Å². The lowest BCUT2D eigenvalue weighted by molar-refractivity contribution is 1.15. The van der Waals surface area contributed by atoms with E-state index in [1.807, 2.05) is 5.38 Å². The van der Waals surface area contributed by atoms with Crippen LogP contribution in [0.1, 0.15) is 0 Å². The van der Waals surface area contributed by atoms with Crippen molar-refractivity contribution in [3.05, 3.63) is 17.8 Å². The molecule has 2 aromatic rings. The van der Waals surface area contributed by atoms with Crippen molar-refractivity contribution in [2.24, 2.45) is 0 Å². The topological polar surface area (TPSA) is 38.7 Å². The molecule has 10 heavy (non-hydrogen) atoms. The minimum absolute atomic E-state index is 0.912. The van der Waals surface area contributed by atoms with Crippen molar-refractivity contribution in [3.63, 3.8) is 0 Å². The van der Waals surface area contributed by atoms with Crippen LogP contribution in [0.4, 0.5) is 0 Å². The summed E-state index contributed by atoms with van der Waals surface area (Å²) in [5, 5.41) is 6.45. The van der Waals surface area contributed by atoms with Crippen LogP contribution in [-0.2, 0) is 0 Å². The molecular weight excluding hydrogens is 166 g/mol. The normalized spacial score (nSPS) is 10.0. The Morgan fingerprint density at radius 3 is 3.10 bits per heavy atom. The van der Waals surface area contributed by atoms with Crippen LogP contribution >= 0.6 is 22.9 Å². The Morgan fingerprint density at radius 2 is 2.50 bits per heavy atom. The van der Waals surface area contributed by atoms with Crippen LogP contribution in [0.5, 0.6) is 0 Å². The molecule has 0 bridgehead atoms. The van der Waals surface area contributed by atoms with Gasteiger partial charge in [-0.1, -0.05) is 4.49 Å². The SMILES string of the molecule is [c]1nnsc1-c1nccs1. The number of thiazole rings is 1. The fraction of sp³-hybridized carbons (Fsp3) is 0. The van der Waals surface area contributed by atoms with Gasteiger partial charge in [-0.2, -0.15) is 0 Å². The Labute approximate surface area is 65.5 Å². The van der Waals surface area contributed by atoms with Gasteiger partial charge in [-0.25, -0.2) is 4.98 Å². The van der Waals surface area contributed by atoms with E-state index >= 15 is 0 Å². The lowest BCUT2D eigenvalue weighted by Crippen LogP contribution is -1.65. The highest BCUT2D eigenvalue weighted by molar-refractivity contribution is 7.18. The van der Waals surface area contributed by atoms with Crippen molar-refractivity contribution in [2.75, 3.05) is 0 Å². The van der Waals surface area contributed by atoms with Gasteiger partial charge < -0.3 is 0 Å². The van der Waals surface area contributed by atoms with Crippen LogP contribution in [0.15, 0.2) is 11.6 Å². The van der Waals surface area contributed by atoms with Gasteiger partial charge in [0.1, 0.15) is 16.1 Å². The molecule has 0 atom stereocenters. The molecule has 0 amide bonds. The summed E-state index contributed by atoms with van der Waals surface area (Å²) >= 11 is 2.88. The van der Waals surface area contributed by atoms with E-state index in [1.165, 1.54) is 11.5 Å². The summed E-state index contributed by atoms with van der Waals surface area (Å²) < 4.78 is 3.68. The second-order valence-electron chi connectivity index (χ2n) is 1.55. The summed E-state index contributed by atoms with van der Waals surface area (Å²) in [6.07, 6.45) is 4.50. The molecule has 1 radical (unpaired) electrons. The number of nitrogens with zero attached hydrogens (tertiary/aromatic N) is 3. The van der Waals surface area contributed by atoms with Crippen molar-refractivity contribution in [1.29, 1.82) is 0 Å². The van der Waals surface area contributed by atoms with Crippen LogP contribution in [0.2, 0.25) is 0 Å². The maximum atomic E-state index is 4.08. The average Bonchev–Trinajstić information content (AvgIpc) is 2.59. The molecule has 0 saturated heterocycles. The smallest absolute Gasteiger partial charge is 0.138 e. The van der Waals surface area contributed by atoms with Crippen molar-refractivity contribution < 1.29 is 0 Å². The van der Waals surface area contributed by atoms with Crippen LogP contribution in [0.3, 0.4) is 0 Å². The molecule has 0 saturated carbocycles. The predicted octanol–water partition coefficient (Wildman–Crippen LogP) is 1.46. The molecule has 5 heteroatoms. The number of rotatable bonds is 1. The Bertz CT molecular complexity index is 254. The molecular formula is C5H2N3S2. The van der Waals surface area contributed by atoms with E-state index in [0.29, 0.717) is 0 Å². The molecule has 0 aliphatic rings. The van der Waals surface area contributed by atoms with E-state index in [4.69, 9.17) is 0 Å². The van der Waals surface area contributed by atoms with Gasteiger partial charge in [0, 0.05) is 11.6 Å². The first-order valence-electron chi connectivity index (χ1n) is 2.57. The minimum Gasteiger partial charge on any atom is -0.244 e. The third kappa shape index (κ3) is 0.932. The highest BCUT2D eigenvalue weighted by Crippen LogP contribution is 2.22. The van der Waals surface area contributed by atoms with Crippen LogP contribution < -0.4 is 0 Å². The zero-order valence-corrected chi connectivity index (χ0v) is 6.45. The molecule has 0 aliphatic carbocycles. The van der Waals surface area contributed by atoms with E-state index in [2.05, 4.69) is 20.8 Å². The van der Waals surface area contributed by atoms with Gasteiger partial charge in [-0.05, 0) is 11.5 Å². The molecule has 0 aliphatic heterocycles. The first-order valence-corrected chi connectivity index (χ1v) is 4.22. The Morgan fingerprint density at radius 1 is 1.50 bits per heavy atom. The molecule has 2 heterocycles. The van der Waals surface area contributed by atoms with E-state index in [0.717, 1.165) is 9.88 Å². The summed E-state index contributed by atoms with van der Waals surface area (Å²) in [7, 11) is 0. The van der Waals surface area contributed by atoms with E-state index < -0.39 is 0 Å². The zero-order chi connectivity index (χ0) is 6.81. The van der Waals surface area contributed by atoms with Gasteiger partial charge in [0.2, 0.25) is 0 Å². The third-order valence-electron chi connectivity index (χ3n) is 0.951. The highest BCUT2D eigenvalue weighted by atomic mass is 32.1. The molecule has 2 aromatic heterocycles. The fourth-order valence-electron chi connectivity index (χ4n) is 0.570. The summed E-state index contributed by atoms with van der Waals surface area (Å²) in [6.45, 7) is 0. The molecule has 0 N–H and O–H groups in total. The maximum absolute atomic E-state index is 4.08. The summed E-state index contributed by atoms with van der Waals surface area (Å²) in [5.74, 6) is 0. The lowest BCUT2D eigenvalue weighted by atomic mass is 10.6. The number of hydrogen-bond acceptors (Lipinski definition) is 5. The quantitative estimate of drug-likeness (QED) is 0.647. The number of aromatic nitrogens is 3. The standard InChI is InChI=1S/C5H2N3S2/c1-2-9-5(6-1)4-3-7-8-10-4/h1-2H. The van der Waals surface area contributed by atoms with Gasteiger partial charge >= 0.3 is 0 Å². The predicted molar refractivity (Wildman–Crippen MR) is 39.9 cm³/mol. The number of hydrogen-bond donors (Lipinski definition) is 0. The zero-order valence-electron chi connectivity index (χ0n) is 4.81. The molecule has 49 valence electrons. The molecule has 0 aromatic carbocycles. The Kier molecular flexibility index (Phi) is 1.44. The van der Waals surface area contributed by atoms with Gasteiger partial charge in [-0.3, -0.25) is 0 Å². The van der Waals surface area contributed by atoms with Crippen molar-refractivity contribution in [1.82, 2.24) is 14.6 Å². The van der Waals surface area contributed by atoms with Gasteiger partial charge in [0.15, 0.2) is 0 Å². The molecule has 3 nitrogen and oxygen atoms in total. The second kappa shape index (κ2) is 2.43. The fourth-order valence-corrected chi connectivity index (χ4v) is 1.73. The van der Waals surface area contributed by atoms with Gasteiger partial charge in [0.25, 0.3) is 0 Å². The Balaban J connectivity index is 2.48. The Hall–Kier alpha value is -0.810.